The number of nitrogens with one attached hydrogen (secondary N) is 1. The van der Waals surface area contributed by atoms with Crippen molar-refractivity contribution in [1.82, 2.24) is 14.9 Å². The number of anilines is 1. The van der Waals surface area contributed by atoms with Gasteiger partial charge < -0.3 is 15.6 Å². The first-order chi connectivity index (χ1) is 8.16. The SMILES string of the molecule is Cn1ccnc1C(=O)NCc1ccc(N)cc1. The van der Waals surface area contributed by atoms with Gasteiger partial charge in [-0.15, -0.1) is 0 Å². The number of nitrogens with zero attached hydrogens (tertiary/aromatic N) is 2. The Kier molecular flexibility index (Phi) is 3.09. The molecule has 17 heavy (non-hydrogen) atoms. The molecular weight excluding hydrogens is 216 g/mol. The Labute approximate surface area is 99.3 Å². The Morgan fingerprint density at radius 2 is 2.12 bits per heavy atom. The summed E-state index contributed by atoms with van der Waals surface area (Å²) >= 11 is 0. The van der Waals surface area contributed by atoms with Crippen molar-refractivity contribution in [2.24, 2.45) is 7.05 Å². The summed E-state index contributed by atoms with van der Waals surface area (Å²) < 4.78 is 1.68. The van der Waals surface area contributed by atoms with Crippen LogP contribution >= 0.6 is 0 Å². The second-order valence-corrected chi connectivity index (χ2v) is 3.79. The van der Waals surface area contributed by atoms with E-state index in [1.165, 1.54) is 0 Å². The Bertz CT molecular complexity index is 516. The van der Waals surface area contributed by atoms with E-state index < -0.39 is 0 Å². The number of carbonyl (C=O) groups excluding carboxylic acids is 1. The predicted octanol–water partition coefficient (Wildman–Crippen LogP) is 0.932. The van der Waals surface area contributed by atoms with Gasteiger partial charge in [0.05, 0.1) is 0 Å². The summed E-state index contributed by atoms with van der Waals surface area (Å²) in [6.07, 6.45) is 3.33. The first-order valence-electron chi connectivity index (χ1n) is 5.27. The van der Waals surface area contributed by atoms with Gasteiger partial charge in [-0.05, 0) is 17.7 Å². The van der Waals surface area contributed by atoms with Crippen molar-refractivity contribution >= 4 is 11.6 Å². The van der Waals surface area contributed by atoms with Crippen LogP contribution in [0.25, 0.3) is 0 Å². The Balaban J connectivity index is 1.97. The summed E-state index contributed by atoms with van der Waals surface area (Å²) in [5.74, 6) is 0.217. The second kappa shape index (κ2) is 4.69. The Morgan fingerprint density at radius 3 is 2.71 bits per heavy atom. The number of imidazole rings is 1. The van der Waals surface area contributed by atoms with Gasteiger partial charge in [0.1, 0.15) is 0 Å². The zero-order valence-corrected chi connectivity index (χ0v) is 9.55. The number of nitrogens with two attached hydrogens (primary N) is 1. The van der Waals surface area contributed by atoms with Crippen LogP contribution in [0.3, 0.4) is 0 Å². The van der Waals surface area contributed by atoms with Crippen LogP contribution in [0, 0.1) is 0 Å². The molecule has 0 unspecified atom stereocenters. The molecule has 0 aliphatic rings. The summed E-state index contributed by atoms with van der Waals surface area (Å²) in [5.41, 5.74) is 7.29. The molecule has 5 heteroatoms. The maximum absolute atomic E-state index is 11.7. The topological polar surface area (TPSA) is 72.9 Å². The number of nitrogen functional groups attached to an aromatic ring is 1. The van der Waals surface area contributed by atoms with Gasteiger partial charge in [0.15, 0.2) is 5.82 Å². The lowest BCUT2D eigenvalue weighted by Gasteiger charge is -2.05. The number of benzene rings is 1. The third kappa shape index (κ3) is 2.63. The fourth-order valence-electron chi connectivity index (χ4n) is 1.48. The van der Waals surface area contributed by atoms with Crippen molar-refractivity contribution in [1.29, 1.82) is 0 Å². The van der Waals surface area contributed by atoms with Crippen LogP contribution < -0.4 is 11.1 Å². The van der Waals surface area contributed by atoms with Gasteiger partial charge in [-0.25, -0.2) is 4.98 Å². The molecule has 1 heterocycles. The van der Waals surface area contributed by atoms with Crippen molar-refractivity contribution in [2.75, 3.05) is 5.73 Å². The van der Waals surface area contributed by atoms with Crippen molar-refractivity contribution in [3.05, 3.63) is 48.0 Å². The molecule has 1 amide bonds. The predicted molar refractivity (Wildman–Crippen MR) is 65.2 cm³/mol. The minimum absolute atomic E-state index is 0.186. The molecule has 2 aromatic rings. The van der Waals surface area contributed by atoms with E-state index in [-0.39, 0.29) is 5.91 Å². The van der Waals surface area contributed by atoms with Crippen LogP contribution in [0.2, 0.25) is 0 Å². The number of aryl methyl sites for hydroxylation is 1. The zero-order chi connectivity index (χ0) is 12.3. The molecule has 0 aliphatic heterocycles. The molecule has 1 aromatic carbocycles. The number of hydrogen-bond acceptors (Lipinski definition) is 3. The molecule has 3 N–H and O–H groups in total. The molecule has 0 bridgehead atoms. The largest absolute Gasteiger partial charge is 0.399 e. The minimum atomic E-state index is -0.186. The smallest absolute Gasteiger partial charge is 0.287 e. The molecular formula is C12H14N4O. The highest BCUT2D eigenvalue weighted by molar-refractivity contribution is 5.90. The number of amides is 1. The van der Waals surface area contributed by atoms with Crippen LogP contribution in [0.4, 0.5) is 5.69 Å². The van der Waals surface area contributed by atoms with Crippen LogP contribution in [0.5, 0.6) is 0 Å². The maximum atomic E-state index is 11.7. The van der Waals surface area contributed by atoms with Crippen LogP contribution in [0.1, 0.15) is 16.2 Å². The normalized spacial score (nSPS) is 10.2. The van der Waals surface area contributed by atoms with E-state index in [0.29, 0.717) is 18.1 Å². The molecule has 5 nitrogen and oxygen atoms in total. The average molecular weight is 230 g/mol. The molecule has 0 aliphatic carbocycles. The third-order valence-electron chi connectivity index (χ3n) is 2.46. The number of aromatic nitrogens is 2. The highest BCUT2D eigenvalue weighted by Gasteiger charge is 2.09. The number of carbonyl (C=O) groups is 1. The van der Waals surface area contributed by atoms with Gasteiger partial charge in [0.25, 0.3) is 5.91 Å². The van der Waals surface area contributed by atoms with E-state index in [4.69, 9.17) is 5.73 Å². The highest BCUT2D eigenvalue weighted by atomic mass is 16.2. The second-order valence-electron chi connectivity index (χ2n) is 3.79. The van der Waals surface area contributed by atoms with Gasteiger partial charge in [-0.1, -0.05) is 12.1 Å². The molecule has 0 saturated heterocycles. The summed E-state index contributed by atoms with van der Waals surface area (Å²) in [6, 6.07) is 7.38. The molecule has 0 saturated carbocycles. The first-order valence-corrected chi connectivity index (χ1v) is 5.27. The van der Waals surface area contributed by atoms with Crippen molar-refractivity contribution < 1.29 is 4.79 Å². The fourth-order valence-corrected chi connectivity index (χ4v) is 1.48. The van der Waals surface area contributed by atoms with E-state index >= 15 is 0 Å². The van der Waals surface area contributed by atoms with E-state index in [0.717, 1.165) is 5.56 Å². The molecule has 88 valence electrons. The fraction of sp³-hybridized carbons (Fsp3) is 0.167. The van der Waals surface area contributed by atoms with E-state index in [1.807, 2.05) is 24.3 Å². The van der Waals surface area contributed by atoms with Gasteiger partial charge in [-0.2, -0.15) is 0 Å². The summed E-state index contributed by atoms with van der Waals surface area (Å²) in [4.78, 5) is 15.7. The Morgan fingerprint density at radius 1 is 1.41 bits per heavy atom. The van der Waals surface area contributed by atoms with Crippen LogP contribution in [0.15, 0.2) is 36.7 Å². The summed E-state index contributed by atoms with van der Waals surface area (Å²) in [5, 5.41) is 2.80. The standard InChI is InChI=1S/C12H14N4O/c1-16-7-6-14-11(16)12(17)15-8-9-2-4-10(13)5-3-9/h2-7H,8,13H2,1H3,(H,15,17). The van der Waals surface area contributed by atoms with Crippen molar-refractivity contribution in [3.63, 3.8) is 0 Å². The molecule has 0 spiro atoms. The van der Waals surface area contributed by atoms with E-state index in [9.17, 15) is 4.79 Å². The minimum Gasteiger partial charge on any atom is -0.399 e. The lowest BCUT2D eigenvalue weighted by Crippen LogP contribution is -2.25. The van der Waals surface area contributed by atoms with Crippen LogP contribution in [-0.2, 0) is 13.6 Å². The Hall–Kier alpha value is -2.30. The summed E-state index contributed by atoms with van der Waals surface area (Å²) in [6.45, 7) is 0.464. The van der Waals surface area contributed by atoms with Gasteiger partial charge in [-0.3, -0.25) is 4.79 Å². The van der Waals surface area contributed by atoms with Gasteiger partial charge >= 0.3 is 0 Å². The number of rotatable bonds is 3. The average Bonchev–Trinajstić information content (AvgIpc) is 2.74. The van der Waals surface area contributed by atoms with Crippen LogP contribution in [-0.4, -0.2) is 15.5 Å². The third-order valence-corrected chi connectivity index (χ3v) is 2.46. The van der Waals surface area contributed by atoms with E-state index in [2.05, 4.69) is 10.3 Å². The highest BCUT2D eigenvalue weighted by Crippen LogP contribution is 2.05. The quantitative estimate of drug-likeness (QED) is 0.770. The van der Waals surface area contributed by atoms with Crippen molar-refractivity contribution in [2.45, 2.75) is 6.54 Å². The zero-order valence-electron chi connectivity index (χ0n) is 9.55. The van der Waals surface area contributed by atoms with Crippen molar-refractivity contribution in [3.8, 4) is 0 Å². The van der Waals surface area contributed by atoms with Gasteiger partial charge in [0, 0.05) is 31.7 Å². The van der Waals surface area contributed by atoms with Gasteiger partial charge in [0.2, 0.25) is 0 Å². The molecule has 2 rings (SSSR count). The molecule has 0 radical (unpaired) electrons. The maximum Gasteiger partial charge on any atom is 0.287 e. The first kappa shape index (κ1) is 11.2. The number of hydrogen-bond donors (Lipinski definition) is 2. The summed E-state index contributed by atoms with van der Waals surface area (Å²) in [7, 11) is 1.78. The van der Waals surface area contributed by atoms with E-state index in [1.54, 1.807) is 24.0 Å². The lowest BCUT2D eigenvalue weighted by atomic mass is 10.2. The molecule has 0 fully saturated rings. The molecule has 0 atom stereocenters. The molecule has 1 aromatic heterocycles. The monoisotopic (exact) mass is 230 g/mol. The lowest BCUT2D eigenvalue weighted by molar-refractivity contribution is 0.0937.